The van der Waals surface area contributed by atoms with E-state index in [4.69, 9.17) is 14.5 Å². The van der Waals surface area contributed by atoms with Gasteiger partial charge in [-0.2, -0.15) is 0 Å². The minimum absolute atomic E-state index is 0.198. The van der Waals surface area contributed by atoms with E-state index in [1.165, 1.54) is 5.56 Å². The van der Waals surface area contributed by atoms with Gasteiger partial charge in [0.05, 0.1) is 12.2 Å². The number of anilines is 2. The summed E-state index contributed by atoms with van der Waals surface area (Å²) in [6.07, 6.45) is 5.03. The third-order valence-electron chi connectivity index (χ3n) is 7.71. The number of hydrogen-bond acceptors (Lipinski definition) is 7. The number of fused-ring (bicyclic) bond motifs is 3. The highest BCUT2D eigenvalue weighted by atomic mass is 16.6. The number of aryl methyl sites for hydroxylation is 1. The maximum Gasteiger partial charge on any atom is 0.410 e. The zero-order valence-corrected chi connectivity index (χ0v) is 22.0. The van der Waals surface area contributed by atoms with Gasteiger partial charge in [-0.25, -0.2) is 19.6 Å². The first-order valence-corrected chi connectivity index (χ1v) is 13.0. The second-order valence-corrected chi connectivity index (χ2v) is 11.3. The van der Waals surface area contributed by atoms with Crippen molar-refractivity contribution in [3.8, 4) is 0 Å². The van der Waals surface area contributed by atoms with Gasteiger partial charge in [0.15, 0.2) is 0 Å². The van der Waals surface area contributed by atoms with Crippen LogP contribution in [-0.2, 0) is 21.3 Å². The molecule has 0 unspecified atom stereocenters. The molecule has 8 heteroatoms. The summed E-state index contributed by atoms with van der Waals surface area (Å²) in [6.45, 7) is 12.0. The third-order valence-corrected chi connectivity index (χ3v) is 7.71. The molecule has 1 aromatic heterocycles. The van der Waals surface area contributed by atoms with Crippen LogP contribution in [-0.4, -0.2) is 58.8 Å². The van der Waals surface area contributed by atoms with Crippen molar-refractivity contribution in [2.75, 3.05) is 31.1 Å². The summed E-state index contributed by atoms with van der Waals surface area (Å²) in [7, 11) is 0. The topological polar surface area (TPSA) is 84.9 Å². The highest BCUT2D eigenvalue weighted by molar-refractivity contribution is 5.91. The van der Waals surface area contributed by atoms with Gasteiger partial charge < -0.3 is 19.3 Å². The maximum absolute atomic E-state index is 12.7. The average Bonchev–Trinajstić information content (AvgIpc) is 3.37. The molecule has 1 spiro atoms. The monoisotopic (exact) mass is 492 g/mol. The van der Waals surface area contributed by atoms with Crippen LogP contribution in [0.4, 0.5) is 16.3 Å². The number of aromatic nitrogens is 2. The van der Waals surface area contributed by atoms with Crippen LogP contribution in [0.5, 0.6) is 0 Å². The van der Waals surface area contributed by atoms with E-state index in [0.29, 0.717) is 31.2 Å². The van der Waals surface area contributed by atoms with E-state index < -0.39 is 5.60 Å². The smallest absolute Gasteiger partial charge is 0.410 e. The molecular formula is C28H36N4O4. The standard InChI is InChI=1S/C28H36N4O4/c1-6-35-25(33)19-8-10-22-20(15-19)28(11-13-31(14-12-28)26(34)36-27(3,4)5)16-32(22)24-23-18(2)7-9-21(23)29-17-30-24/h8,10,15,17-18H,6-7,9,11-14,16H2,1-5H3/t18-/m1/s1. The molecule has 0 saturated carbocycles. The highest BCUT2D eigenvalue weighted by Gasteiger charge is 2.47. The van der Waals surface area contributed by atoms with Crippen LogP contribution in [0.1, 0.15) is 87.0 Å². The Morgan fingerprint density at radius 3 is 2.61 bits per heavy atom. The van der Waals surface area contributed by atoms with Crippen molar-refractivity contribution in [2.45, 2.75) is 77.2 Å². The number of carbonyl (C=O) groups is 2. The molecule has 3 heterocycles. The van der Waals surface area contributed by atoms with E-state index in [2.05, 4.69) is 16.8 Å². The summed E-state index contributed by atoms with van der Waals surface area (Å²) in [5.41, 5.74) is 4.42. The fourth-order valence-corrected chi connectivity index (χ4v) is 5.91. The molecule has 1 aliphatic carbocycles. The molecule has 2 aromatic rings. The molecule has 1 amide bonds. The minimum Gasteiger partial charge on any atom is -0.462 e. The molecule has 0 N–H and O–H groups in total. The largest absolute Gasteiger partial charge is 0.462 e. The van der Waals surface area contributed by atoms with Crippen LogP contribution in [0.25, 0.3) is 0 Å². The Balaban J connectivity index is 1.51. The highest BCUT2D eigenvalue weighted by Crippen LogP contribution is 2.51. The summed E-state index contributed by atoms with van der Waals surface area (Å²) in [4.78, 5) is 38.8. The number of carbonyl (C=O) groups excluding carboxylic acids is 2. The predicted molar refractivity (Wildman–Crippen MR) is 137 cm³/mol. The molecule has 8 nitrogen and oxygen atoms in total. The summed E-state index contributed by atoms with van der Waals surface area (Å²) in [5, 5.41) is 0. The summed E-state index contributed by atoms with van der Waals surface area (Å²) < 4.78 is 10.9. The van der Waals surface area contributed by atoms with Crippen LogP contribution >= 0.6 is 0 Å². The molecule has 1 fully saturated rings. The second kappa shape index (κ2) is 9.05. The molecular weight excluding hydrogens is 456 g/mol. The van der Waals surface area contributed by atoms with Crippen LogP contribution in [0, 0.1) is 0 Å². The Kier molecular flexibility index (Phi) is 6.17. The molecule has 3 aliphatic rings. The third kappa shape index (κ3) is 4.31. The number of piperidine rings is 1. The molecule has 1 saturated heterocycles. The molecule has 0 bridgehead atoms. The minimum atomic E-state index is -0.526. The van der Waals surface area contributed by atoms with Crippen molar-refractivity contribution in [1.82, 2.24) is 14.9 Å². The normalized spacial score (nSPS) is 20.3. The molecule has 1 atom stereocenters. The van der Waals surface area contributed by atoms with E-state index in [0.717, 1.165) is 55.0 Å². The van der Waals surface area contributed by atoms with Gasteiger partial charge in [-0.1, -0.05) is 6.92 Å². The van der Waals surface area contributed by atoms with E-state index in [1.807, 2.05) is 45.9 Å². The number of amides is 1. The van der Waals surface area contributed by atoms with E-state index in [-0.39, 0.29) is 17.5 Å². The lowest BCUT2D eigenvalue weighted by atomic mass is 9.74. The lowest BCUT2D eigenvalue weighted by molar-refractivity contribution is 0.0171. The Bertz CT molecular complexity index is 1180. The van der Waals surface area contributed by atoms with Crippen molar-refractivity contribution in [3.63, 3.8) is 0 Å². The Morgan fingerprint density at radius 2 is 1.92 bits per heavy atom. The molecule has 5 rings (SSSR count). The van der Waals surface area contributed by atoms with Crippen LogP contribution in [0.3, 0.4) is 0 Å². The number of nitrogens with zero attached hydrogens (tertiary/aromatic N) is 4. The number of hydrogen-bond donors (Lipinski definition) is 0. The Labute approximate surface area is 213 Å². The lowest BCUT2D eigenvalue weighted by Gasteiger charge is -2.40. The van der Waals surface area contributed by atoms with Crippen molar-refractivity contribution in [3.05, 3.63) is 46.9 Å². The Morgan fingerprint density at radius 1 is 1.17 bits per heavy atom. The van der Waals surface area contributed by atoms with Gasteiger partial charge in [0.25, 0.3) is 0 Å². The SMILES string of the molecule is CCOC(=O)c1ccc2c(c1)C1(CCN(C(=O)OC(C)(C)C)CC1)CN2c1ncnc2c1[C@H](C)CC2. The number of benzene rings is 1. The first-order chi connectivity index (χ1) is 17.1. The van der Waals surface area contributed by atoms with E-state index in [1.54, 1.807) is 11.2 Å². The molecule has 2 aliphatic heterocycles. The number of likely N-dealkylation sites (tertiary alicyclic amines) is 1. The Hall–Kier alpha value is -3.16. The van der Waals surface area contributed by atoms with Gasteiger partial charge in [-0.05, 0) is 83.1 Å². The fraction of sp³-hybridized carbons (Fsp3) is 0.571. The zero-order valence-electron chi connectivity index (χ0n) is 22.0. The second-order valence-electron chi connectivity index (χ2n) is 11.3. The van der Waals surface area contributed by atoms with Gasteiger partial charge in [-0.3, -0.25) is 0 Å². The van der Waals surface area contributed by atoms with Gasteiger partial charge in [0.2, 0.25) is 0 Å². The molecule has 36 heavy (non-hydrogen) atoms. The summed E-state index contributed by atoms with van der Waals surface area (Å²) >= 11 is 0. The number of rotatable bonds is 3. The van der Waals surface area contributed by atoms with Crippen LogP contribution < -0.4 is 4.90 Å². The number of ether oxygens (including phenoxy) is 2. The molecule has 192 valence electrons. The molecule has 1 aromatic carbocycles. The van der Waals surface area contributed by atoms with Gasteiger partial charge >= 0.3 is 12.1 Å². The summed E-state index contributed by atoms with van der Waals surface area (Å²) in [6, 6.07) is 5.88. The van der Waals surface area contributed by atoms with Crippen molar-refractivity contribution < 1.29 is 19.1 Å². The van der Waals surface area contributed by atoms with Gasteiger partial charge in [0, 0.05) is 42.0 Å². The lowest BCUT2D eigenvalue weighted by Crippen LogP contribution is -2.48. The maximum atomic E-state index is 12.7. The average molecular weight is 493 g/mol. The van der Waals surface area contributed by atoms with Crippen molar-refractivity contribution in [2.24, 2.45) is 0 Å². The zero-order chi connectivity index (χ0) is 25.7. The van der Waals surface area contributed by atoms with E-state index >= 15 is 0 Å². The van der Waals surface area contributed by atoms with Gasteiger partial charge in [0.1, 0.15) is 17.7 Å². The van der Waals surface area contributed by atoms with Crippen LogP contribution in [0.15, 0.2) is 24.5 Å². The van der Waals surface area contributed by atoms with Crippen molar-refractivity contribution in [1.29, 1.82) is 0 Å². The van der Waals surface area contributed by atoms with Crippen LogP contribution in [0.2, 0.25) is 0 Å². The first-order valence-electron chi connectivity index (χ1n) is 13.0. The first kappa shape index (κ1) is 24.5. The predicted octanol–water partition coefficient (Wildman–Crippen LogP) is 5.12. The fourth-order valence-electron chi connectivity index (χ4n) is 5.91. The number of esters is 1. The van der Waals surface area contributed by atoms with Crippen molar-refractivity contribution >= 4 is 23.6 Å². The molecule has 0 radical (unpaired) electrons. The van der Waals surface area contributed by atoms with E-state index in [9.17, 15) is 9.59 Å². The summed E-state index contributed by atoms with van der Waals surface area (Å²) in [5.74, 6) is 1.07. The van der Waals surface area contributed by atoms with Gasteiger partial charge in [-0.15, -0.1) is 0 Å². The quantitative estimate of drug-likeness (QED) is 0.550.